The van der Waals surface area contributed by atoms with Crippen LogP contribution in [0.15, 0.2) is 47.6 Å². The third-order valence-corrected chi connectivity index (χ3v) is 3.50. The summed E-state index contributed by atoms with van der Waals surface area (Å²) in [4.78, 5) is 23.4. The van der Waals surface area contributed by atoms with Gasteiger partial charge in [0.2, 0.25) is 0 Å². The molecule has 24 heavy (non-hydrogen) atoms. The van der Waals surface area contributed by atoms with Gasteiger partial charge in [-0.25, -0.2) is 5.43 Å². The van der Waals surface area contributed by atoms with Gasteiger partial charge in [0, 0.05) is 11.3 Å². The van der Waals surface area contributed by atoms with Crippen LogP contribution in [0.25, 0.3) is 0 Å². The maximum atomic E-state index is 11.7. The topological polar surface area (TPSA) is 94.4 Å². The van der Waals surface area contributed by atoms with Crippen LogP contribution in [0, 0.1) is 11.3 Å². The van der Waals surface area contributed by atoms with E-state index in [1.807, 2.05) is 6.07 Å². The summed E-state index contributed by atoms with van der Waals surface area (Å²) in [5.74, 6) is -1.86. The van der Waals surface area contributed by atoms with E-state index in [1.165, 1.54) is 30.5 Å². The number of hydrazone groups is 1. The van der Waals surface area contributed by atoms with Gasteiger partial charge in [0.1, 0.15) is 0 Å². The summed E-state index contributed by atoms with van der Waals surface area (Å²) >= 11 is 11.9. The van der Waals surface area contributed by atoms with E-state index in [0.29, 0.717) is 26.9 Å². The van der Waals surface area contributed by atoms with Gasteiger partial charge in [-0.3, -0.25) is 9.59 Å². The second kappa shape index (κ2) is 8.11. The molecule has 0 aliphatic heterocycles. The Balaban J connectivity index is 1.95. The molecule has 0 aliphatic carbocycles. The first-order chi connectivity index (χ1) is 11.5. The Morgan fingerprint density at radius 3 is 2.25 bits per heavy atom. The summed E-state index contributed by atoms with van der Waals surface area (Å²) < 4.78 is 0. The second-order valence-electron chi connectivity index (χ2n) is 4.48. The maximum Gasteiger partial charge on any atom is 0.329 e. The molecule has 0 saturated carbocycles. The van der Waals surface area contributed by atoms with Gasteiger partial charge >= 0.3 is 11.8 Å². The van der Waals surface area contributed by atoms with Crippen LogP contribution in [0.4, 0.5) is 5.69 Å². The monoisotopic (exact) mass is 360 g/mol. The van der Waals surface area contributed by atoms with E-state index < -0.39 is 11.8 Å². The van der Waals surface area contributed by atoms with Crippen molar-refractivity contribution in [3.63, 3.8) is 0 Å². The number of carbonyl (C=O) groups is 2. The largest absolute Gasteiger partial charge is 0.329 e. The molecule has 2 N–H and O–H groups in total. The van der Waals surface area contributed by atoms with Crippen LogP contribution in [-0.2, 0) is 9.59 Å². The van der Waals surface area contributed by atoms with Crippen molar-refractivity contribution in [3.8, 4) is 6.07 Å². The SMILES string of the molecule is N#Cc1ccc(NC(=O)C(=O)N/N=C/c2c(Cl)cccc2Cl)cc1. The van der Waals surface area contributed by atoms with Crippen LogP contribution in [0.1, 0.15) is 11.1 Å². The average molecular weight is 361 g/mol. The van der Waals surface area contributed by atoms with Crippen LogP contribution >= 0.6 is 23.2 Å². The zero-order valence-corrected chi connectivity index (χ0v) is 13.6. The molecule has 0 aliphatic rings. The van der Waals surface area contributed by atoms with Gasteiger partial charge in [-0.1, -0.05) is 29.3 Å². The molecule has 0 aromatic heterocycles. The fourth-order valence-corrected chi connectivity index (χ4v) is 2.15. The van der Waals surface area contributed by atoms with Crippen molar-refractivity contribution in [2.24, 2.45) is 5.10 Å². The summed E-state index contributed by atoms with van der Waals surface area (Å²) in [6.45, 7) is 0. The van der Waals surface area contributed by atoms with Crippen LogP contribution in [0.2, 0.25) is 10.0 Å². The highest BCUT2D eigenvalue weighted by Crippen LogP contribution is 2.21. The van der Waals surface area contributed by atoms with Crippen molar-refractivity contribution in [1.29, 1.82) is 5.26 Å². The number of hydrogen-bond acceptors (Lipinski definition) is 4. The molecule has 0 atom stereocenters. The number of nitrogens with one attached hydrogen (secondary N) is 2. The number of amides is 2. The molecule has 0 fully saturated rings. The lowest BCUT2D eigenvalue weighted by Gasteiger charge is -2.04. The smallest absolute Gasteiger partial charge is 0.318 e. The number of nitrogens with zero attached hydrogens (tertiary/aromatic N) is 2. The lowest BCUT2D eigenvalue weighted by atomic mass is 10.2. The minimum absolute atomic E-state index is 0.363. The molecule has 120 valence electrons. The van der Waals surface area contributed by atoms with E-state index in [2.05, 4.69) is 15.8 Å². The molecule has 0 heterocycles. The maximum absolute atomic E-state index is 11.7. The number of nitriles is 1. The van der Waals surface area contributed by atoms with E-state index in [9.17, 15) is 9.59 Å². The first-order valence-corrected chi connectivity index (χ1v) is 7.35. The zero-order chi connectivity index (χ0) is 17.5. The summed E-state index contributed by atoms with van der Waals surface area (Å²) in [6.07, 6.45) is 1.25. The molecule has 2 aromatic rings. The first kappa shape index (κ1) is 17.5. The summed E-state index contributed by atoms with van der Waals surface area (Å²) in [5, 5.41) is 15.5. The normalized spacial score (nSPS) is 10.2. The molecule has 0 radical (unpaired) electrons. The zero-order valence-electron chi connectivity index (χ0n) is 12.1. The van der Waals surface area contributed by atoms with E-state index in [0.717, 1.165) is 0 Å². The molecule has 0 unspecified atom stereocenters. The molecule has 0 bridgehead atoms. The lowest BCUT2D eigenvalue weighted by molar-refractivity contribution is -0.136. The highest BCUT2D eigenvalue weighted by molar-refractivity contribution is 6.40. The van der Waals surface area contributed by atoms with Crippen molar-refractivity contribution >= 4 is 46.9 Å². The molecule has 6 nitrogen and oxygen atoms in total. The molecular formula is C16H10Cl2N4O2. The predicted molar refractivity (Wildman–Crippen MR) is 92.0 cm³/mol. The number of rotatable bonds is 3. The number of halogens is 2. The van der Waals surface area contributed by atoms with E-state index in [1.54, 1.807) is 18.2 Å². The Bertz CT molecular complexity index is 822. The average Bonchev–Trinajstić information content (AvgIpc) is 2.58. The highest BCUT2D eigenvalue weighted by atomic mass is 35.5. The van der Waals surface area contributed by atoms with Gasteiger partial charge in [0.25, 0.3) is 0 Å². The Hall–Kier alpha value is -2.88. The Morgan fingerprint density at radius 2 is 1.67 bits per heavy atom. The predicted octanol–water partition coefficient (Wildman–Crippen LogP) is 2.95. The summed E-state index contributed by atoms with van der Waals surface area (Å²) in [5.41, 5.74) is 3.33. The number of hydrogen-bond donors (Lipinski definition) is 2. The van der Waals surface area contributed by atoms with Gasteiger partial charge in [0.15, 0.2) is 0 Å². The molecule has 8 heteroatoms. The number of benzene rings is 2. The molecule has 0 saturated heterocycles. The van der Waals surface area contributed by atoms with Gasteiger partial charge < -0.3 is 5.32 Å². The van der Waals surface area contributed by atoms with E-state index in [4.69, 9.17) is 28.5 Å². The van der Waals surface area contributed by atoms with E-state index >= 15 is 0 Å². The van der Waals surface area contributed by atoms with Crippen LogP contribution < -0.4 is 10.7 Å². The fraction of sp³-hybridized carbons (Fsp3) is 0. The lowest BCUT2D eigenvalue weighted by Crippen LogP contribution is -2.32. The quantitative estimate of drug-likeness (QED) is 0.500. The molecule has 2 rings (SSSR count). The van der Waals surface area contributed by atoms with Gasteiger partial charge in [-0.05, 0) is 36.4 Å². The van der Waals surface area contributed by atoms with Crippen molar-refractivity contribution in [1.82, 2.24) is 5.43 Å². The van der Waals surface area contributed by atoms with Crippen LogP contribution in [-0.4, -0.2) is 18.0 Å². The van der Waals surface area contributed by atoms with Crippen molar-refractivity contribution < 1.29 is 9.59 Å². The standard InChI is InChI=1S/C16H10Cl2N4O2/c17-13-2-1-3-14(18)12(13)9-20-22-16(24)15(23)21-11-6-4-10(8-19)5-7-11/h1-7,9H,(H,21,23)(H,22,24)/b20-9+. The number of carbonyl (C=O) groups excluding carboxylic acids is 2. The molecule has 2 aromatic carbocycles. The van der Waals surface area contributed by atoms with Crippen LogP contribution in [0.5, 0.6) is 0 Å². The third kappa shape index (κ3) is 4.56. The van der Waals surface area contributed by atoms with Gasteiger partial charge in [-0.2, -0.15) is 10.4 Å². The minimum atomic E-state index is -0.959. The Labute approximate surface area is 147 Å². The summed E-state index contributed by atoms with van der Waals surface area (Å²) in [7, 11) is 0. The number of anilines is 1. The van der Waals surface area contributed by atoms with Crippen LogP contribution in [0.3, 0.4) is 0 Å². The molecule has 2 amide bonds. The minimum Gasteiger partial charge on any atom is -0.318 e. The van der Waals surface area contributed by atoms with Crippen molar-refractivity contribution in [2.45, 2.75) is 0 Å². The van der Waals surface area contributed by atoms with Gasteiger partial charge in [-0.15, -0.1) is 0 Å². The Kier molecular flexibility index (Phi) is 5.90. The molecule has 0 spiro atoms. The Morgan fingerprint density at radius 1 is 1.04 bits per heavy atom. The fourth-order valence-electron chi connectivity index (χ4n) is 1.66. The summed E-state index contributed by atoms with van der Waals surface area (Å²) in [6, 6.07) is 12.9. The molecular weight excluding hydrogens is 351 g/mol. The third-order valence-electron chi connectivity index (χ3n) is 2.84. The van der Waals surface area contributed by atoms with Crippen molar-refractivity contribution in [2.75, 3.05) is 5.32 Å². The van der Waals surface area contributed by atoms with Gasteiger partial charge in [0.05, 0.1) is 27.9 Å². The highest BCUT2D eigenvalue weighted by Gasteiger charge is 2.13. The van der Waals surface area contributed by atoms with Crippen molar-refractivity contribution in [3.05, 3.63) is 63.6 Å². The second-order valence-corrected chi connectivity index (χ2v) is 5.29. The first-order valence-electron chi connectivity index (χ1n) is 6.60. The van der Waals surface area contributed by atoms with E-state index in [-0.39, 0.29) is 0 Å².